The van der Waals surface area contributed by atoms with E-state index in [1.165, 1.54) is 16.7 Å². The van der Waals surface area contributed by atoms with Gasteiger partial charge in [-0.05, 0) is 24.1 Å². The summed E-state index contributed by atoms with van der Waals surface area (Å²) >= 11 is 0. The van der Waals surface area contributed by atoms with Gasteiger partial charge in [0.05, 0.1) is 18.2 Å². The highest BCUT2D eigenvalue weighted by Crippen LogP contribution is 2.27. The number of hydrogen-bond donors (Lipinski definition) is 0. The Morgan fingerprint density at radius 2 is 2.12 bits per heavy atom. The molecule has 2 aromatic heterocycles. The lowest BCUT2D eigenvalue weighted by atomic mass is 10.0. The number of rotatable bonds is 4. The Bertz CT molecular complexity index is 990. The molecule has 3 heterocycles. The first-order valence-electron chi connectivity index (χ1n) is 8.10. The number of halogens is 2. The fourth-order valence-corrected chi connectivity index (χ4v) is 3.10. The van der Waals surface area contributed by atoms with Crippen molar-refractivity contribution in [2.45, 2.75) is 25.5 Å². The van der Waals surface area contributed by atoms with Gasteiger partial charge in [0, 0.05) is 31.0 Å². The summed E-state index contributed by atoms with van der Waals surface area (Å²) in [7, 11) is 1.67. The second kappa shape index (κ2) is 6.07. The minimum absolute atomic E-state index is 0.0362. The SMILES string of the molecule is Cn1c(=O)n(C[C@H]2CCO2)c2cc(-c3cccc(C(F)F)c3)cnc21. The standard InChI is InChI=1S/C18H17F2N3O2/c1-22-17-15(23(18(22)24)10-14-5-6-25-14)8-13(9-21-17)11-3-2-4-12(7-11)16(19)20/h2-4,7-9,14,16H,5-6,10H2,1H3/t14-/m1/s1. The molecule has 1 aliphatic rings. The summed E-state index contributed by atoms with van der Waals surface area (Å²) < 4.78 is 34.5. The maximum Gasteiger partial charge on any atom is 0.330 e. The Morgan fingerprint density at radius 3 is 2.80 bits per heavy atom. The summed E-state index contributed by atoms with van der Waals surface area (Å²) in [5.41, 5.74) is 2.40. The van der Waals surface area contributed by atoms with Crippen LogP contribution in [-0.2, 0) is 18.3 Å². The van der Waals surface area contributed by atoms with Crippen molar-refractivity contribution in [3.8, 4) is 11.1 Å². The average molecular weight is 345 g/mol. The highest BCUT2D eigenvalue weighted by Gasteiger charge is 2.22. The van der Waals surface area contributed by atoms with Crippen LogP contribution < -0.4 is 5.69 Å². The monoisotopic (exact) mass is 345 g/mol. The van der Waals surface area contributed by atoms with Crippen LogP contribution in [0.2, 0.25) is 0 Å². The van der Waals surface area contributed by atoms with Crippen molar-refractivity contribution in [2.24, 2.45) is 7.05 Å². The van der Waals surface area contributed by atoms with Gasteiger partial charge in [-0.1, -0.05) is 18.2 Å². The first-order valence-corrected chi connectivity index (χ1v) is 8.10. The molecule has 0 unspecified atom stereocenters. The van der Waals surface area contributed by atoms with Crippen LogP contribution in [0.1, 0.15) is 18.4 Å². The van der Waals surface area contributed by atoms with Crippen molar-refractivity contribution < 1.29 is 13.5 Å². The third-order valence-corrected chi connectivity index (χ3v) is 4.63. The number of fused-ring (bicyclic) bond motifs is 1. The topological polar surface area (TPSA) is 49.0 Å². The van der Waals surface area contributed by atoms with Gasteiger partial charge in [-0.2, -0.15) is 0 Å². The van der Waals surface area contributed by atoms with Crippen LogP contribution in [0, 0.1) is 0 Å². The van der Waals surface area contributed by atoms with Gasteiger partial charge in [-0.25, -0.2) is 18.6 Å². The number of ether oxygens (including phenoxy) is 1. The van der Waals surface area contributed by atoms with Gasteiger partial charge in [-0.15, -0.1) is 0 Å². The van der Waals surface area contributed by atoms with Crippen molar-refractivity contribution in [3.63, 3.8) is 0 Å². The van der Waals surface area contributed by atoms with E-state index in [1.807, 2.05) is 6.07 Å². The number of benzene rings is 1. The zero-order valence-electron chi connectivity index (χ0n) is 13.7. The second-order valence-corrected chi connectivity index (χ2v) is 6.23. The summed E-state index contributed by atoms with van der Waals surface area (Å²) in [6.45, 7) is 1.19. The highest BCUT2D eigenvalue weighted by molar-refractivity contribution is 5.79. The Balaban J connectivity index is 1.82. The van der Waals surface area contributed by atoms with Gasteiger partial charge < -0.3 is 4.74 Å². The Morgan fingerprint density at radius 1 is 1.32 bits per heavy atom. The van der Waals surface area contributed by atoms with Crippen molar-refractivity contribution in [1.82, 2.24) is 14.1 Å². The molecule has 5 nitrogen and oxygen atoms in total. The zero-order chi connectivity index (χ0) is 17.6. The largest absolute Gasteiger partial charge is 0.376 e. The maximum atomic E-state index is 12.9. The second-order valence-electron chi connectivity index (χ2n) is 6.23. The molecule has 130 valence electrons. The van der Waals surface area contributed by atoms with E-state index in [2.05, 4.69) is 4.98 Å². The zero-order valence-corrected chi connectivity index (χ0v) is 13.7. The molecule has 25 heavy (non-hydrogen) atoms. The van der Waals surface area contributed by atoms with Crippen molar-refractivity contribution in [1.29, 1.82) is 0 Å². The molecule has 1 atom stereocenters. The van der Waals surface area contributed by atoms with E-state index in [9.17, 15) is 13.6 Å². The average Bonchev–Trinajstić information content (AvgIpc) is 2.82. The summed E-state index contributed by atoms with van der Waals surface area (Å²) in [4.78, 5) is 16.9. The van der Waals surface area contributed by atoms with Crippen LogP contribution >= 0.6 is 0 Å². The molecule has 0 N–H and O–H groups in total. The number of hydrogen-bond acceptors (Lipinski definition) is 3. The van der Waals surface area contributed by atoms with Crippen LogP contribution in [0.5, 0.6) is 0 Å². The molecule has 0 aliphatic carbocycles. The summed E-state index contributed by atoms with van der Waals surface area (Å²) in [6, 6.07) is 8.03. The Labute approximate surface area is 142 Å². The smallest absolute Gasteiger partial charge is 0.330 e. The van der Waals surface area contributed by atoms with Gasteiger partial charge in [0.2, 0.25) is 0 Å². The van der Waals surface area contributed by atoms with Gasteiger partial charge in [0.1, 0.15) is 0 Å². The van der Waals surface area contributed by atoms with E-state index in [-0.39, 0.29) is 17.4 Å². The van der Waals surface area contributed by atoms with Gasteiger partial charge in [0.25, 0.3) is 6.43 Å². The van der Waals surface area contributed by atoms with E-state index in [4.69, 9.17) is 4.74 Å². The van der Waals surface area contributed by atoms with Gasteiger partial charge >= 0.3 is 5.69 Å². The molecule has 0 bridgehead atoms. The molecule has 3 aromatic rings. The Hall–Kier alpha value is -2.54. The molecule has 0 spiro atoms. The van der Waals surface area contributed by atoms with Crippen LogP contribution in [0.3, 0.4) is 0 Å². The number of alkyl halides is 2. The fraction of sp³-hybridized carbons (Fsp3) is 0.333. The number of pyridine rings is 1. The lowest BCUT2D eigenvalue weighted by molar-refractivity contribution is -0.0591. The predicted octanol–water partition coefficient (Wildman–Crippen LogP) is 3.13. The van der Waals surface area contributed by atoms with Crippen LogP contribution in [0.15, 0.2) is 41.3 Å². The number of aromatic nitrogens is 3. The van der Waals surface area contributed by atoms with Gasteiger partial charge in [0.15, 0.2) is 5.65 Å². The lowest BCUT2D eigenvalue weighted by Gasteiger charge is -2.26. The molecule has 7 heteroatoms. The minimum Gasteiger partial charge on any atom is -0.376 e. The molecule has 1 saturated heterocycles. The summed E-state index contributed by atoms with van der Waals surface area (Å²) in [6.07, 6.45) is 0.0413. The quantitative estimate of drug-likeness (QED) is 0.730. The molecule has 0 radical (unpaired) electrons. The van der Waals surface area contributed by atoms with Crippen molar-refractivity contribution in [2.75, 3.05) is 6.61 Å². The van der Waals surface area contributed by atoms with Crippen molar-refractivity contribution in [3.05, 3.63) is 52.6 Å². The summed E-state index contributed by atoms with van der Waals surface area (Å²) in [5.74, 6) is 0. The maximum absolute atomic E-state index is 12.9. The molecule has 1 fully saturated rings. The number of imidazole rings is 1. The third kappa shape index (κ3) is 2.74. The molecular weight excluding hydrogens is 328 g/mol. The molecule has 1 aliphatic heterocycles. The molecule has 4 rings (SSSR count). The fourth-order valence-electron chi connectivity index (χ4n) is 3.10. The highest BCUT2D eigenvalue weighted by atomic mass is 19.3. The lowest BCUT2D eigenvalue weighted by Crippen LogP contribution is -2.35. The van der Waals surface area contributed by atoms with E-state index in [0.717, 1.165) is 6.42 Å². The van der Waals surface area contributed by atoms with E-state index in [0.29, 0.717) is 35.4 Å². The number of aryl methyl sites for hydroxylation is 1. The molecule has 1 aromatic carbocycles. The van der Waals surface area contributed by atoms with E-state index < -0.39 is 6.43 Å². The normalized spacial score (nSPS) is 17.2. The van der Waals surface area contributed by atoms with E-state index in [1.54, 1.807) is 29.9 Å². The molecule has 0 saturated carbocycles. The first kappa shape index (κ1) is 16.0. The molecule has 0 amide bonds. The number of nitrogens with zero attached hydrogens (tertiary/aromatic N) is 3. The Kier molecular flexibility index (Phi) is 3.88. The minimum atomic E-state index is -2.53. The summed E-state index contributed by atoms with van der Waals surface area (Å²) in [5, 5.41) is 0. The molecular formula is C18H17F2N3O2. The first-order chi connectivity index (χ1) is 12.0. The van der Waals surface area contributed by atoms with Crippen molar-refractivity contribution >= 4 is 11.2 Å². The predicted molar refractivity (Wildman–Crippen MR) is 89.7 cm³/mol. The van der Waals surface area contributed by atoms with Crippen LogP contribution in [0.25, 0.3) is 22.3 Å². The third-order valence-electron chi connectivity index (χ3n) is 4.63. The van der Waals surface area contributed by atoms with E-state index >= 15 is 0 Å². The van der Waals surface area contributed by atoms with Crippen LogP contribution in [0.4, 0.5) is 8.78 Å². The van der Waals surface area contributed by atoms with Gasteiger partial charge in [-0.3, -0.25) is 9.13 Å². The van der Waals surface area contributed by atoms with Crippen LogP contribution in [-0.4, -0.2) is 26.8 Å².